The second-order valence-corrected chi connectivity index (χ2v) is 49.8. The monoisotopic (exact) mass is 316 g/mol. The van der Waals surface area contributed by atoms with Crippen molar-refractivity contribution < 1.29 is 0 Å². The van der Waals surface area contributed by atoms with Gasteiger partial charge in [-0.3, -0.25) is 0 Å². The summed E-state index contributed by atoms with van der Waals surface area (Å²) in [7, 11) is 2.51. The van der Waals surface area contributed by atoms with Crippen LogP contribution in [0.25, 0.3) is 0 Å². The van der Waals surface area contributed by atoms with E-state index in [4.69, 9.17) is 0 Å². The summed E-state index contributed by atoms with van der Waals surface area (Å²) in [5, 5.41) is 1.85. The SMILES string of the molecule is s1p2[se]p3p1p3[se]2. The van der Waals surface area contributed by atoms with E-state index < -0.39 is 0 Å². The van der Waals surface area contributed by atoms with Crippen molar-refractivity contribution >= 4 is 58.1 Å². The molecule has 0 aliphatic carbocycles. The third-order valence-electron chi connectivity index (χ3n) is 0.828. The molecule has 0 fully saturated rings. The van der Waals surface area contributed by atoms with Gasteiger partial charge in [0.15, 0.2) is 0 Å². The summed E-state index contributed by atoms with van der Waals surface area (Å²) in [4.78, 5) is 0. The number of rotatable bonds is 0. The van der Waals surface area contributed by atoms with Gasteiger partial charge in [-0.15, -0.1) is 0 Å². The number of hydrogen-bond acceptors (Lipinski definition) is 1. The van der Waals surface area contributed by atoms with E-state index in [9.17, 15) is 0 Å². The van der Waals surface area contributed by atoms with Crippen LogP contribution in [-0.4, -0.2) is 27.2 Å². The van der Waals surface area contributed by atoms with E-state index in [2.05, 4.69) is 10.5 Å². The molecule has 0 aromatic carbocycles. The van der Waals surface area contributed by atoms with Crippen LogP contribution < -0.4 is 0 Å². The Balaban J connectivity index is 3.26. The zero-order valence-electron chi connectivity index (χ0n) is 3.01. The average Bonchev–Trinajstić information content (AvgIpc) is 2.10. The van der Waals surface area contributed by atoms with Gasteiger partial charge >= 0.3 is 58.1 Å². The maximum absolute atomic E-state index is 2.51. The van der Waals surface area contributed by atoms with E-state index >= 15 is 0 Å². The van der Waals surface area contributed by atoms with Gasteiger partial charge in [-0.2, -0.15) is 0 Å². The van der Waals surface area contributed by atoms with Crippen LogP contribution in [0.2, 0.25) is 0 Å². The summed E-state index contributed by atoms with van der Waals surface area (Å²) < 4.78 is 0.796. The fourth-order valence-corrected chi connectivity index (χ4v) is 240. The van der Waals surface area contributed by atoms with E-state index in [1.54, 1.807) is 0 Å². The molecule has 0 amide bonds. The molecule has 2 unspecified atom stereocenters. The van der Waals surface area contributed by atoms with E-state index in [1.165, 1.54) is 27.2 Å². The van der Waals surface area contributed by atoms with Crippen molar-refractivity contribution in [2.75, 3.05) is 0 Å². The molecule has 4 bridgehead atoms. The van der Waals surface area contributed by atoms with Crippen molar-refractivity contribution in [3.05, 3.63) is 0 Å². The molecule has 4 rings (SSSR count). The van der Waals surface area contributed by atoms with E-state index in [1.807, 2.05) is 0 Å². The molecule has 2 atom stereocenters. The molecule has 0 aliphatic rings. The molecule has 7 heavy (non-hydrogen) atoms. The van der Waals surface area contributed by atoms with Crippen LogP contribution in [0.1, 0.15) is 0 Å². The summed E-state index contributed by atoms with van der Waals surface area (Å²) in [6.07, 6.45) is 0. The van der Waals surface area contributed by atoms with Crippen LogP contribution in [0.15, 0.2) is 0 Å². The zero-order chi connectivity index (χ0) is 4.43. The fourth-order valence-electron chi connectivity index (χ4n) is 0.505. The van der Waals surface area contributed by atoms with Crippen LogP contribution in [0.3, 0.4) is 0 Å². The molecule has 0 saturated heterocycles. The quantitative estimate of drug-likeness (QED) is 0.559. The third kappa shape index (κ3) is 0.590. The molecule has 0 spiro atoms. The Morgan fingerprint density at radius 2 is 1.86 bits per heavy atom. The summed E-state index contributed by atoms with van der Waals surface area (Å²) >= 11 is 2.62. The molecule has 4 aromatic rings. The van der Waals surface area contributed by atoms with Gasteiger partial charge in [-0.05, 0) is 0 Å². The Bertz CT molecular complexity index is 288. The normalized spacial score (nSPS) is 24.0. The van der Waals surface area contributed by atoms with E-state index in [-0.39, 0.29) is 0 Å². The molecule has 4 aromatic heterocycles. The van der Waals surface area contributed by atoms with Crippen molar-refractivity contribution in [3.8, 4) is 0 Å². The predicted octanol–water partition coefficient (Wildman–Crippen LogP) is 3.31. The Hall–Kier alpha value is 2.46. The first-order chi connectivity index (χ1) is 3.45. The summed E-state index contributed by atoms with van der Waals surface area (Å²) in [5.74, 6) is 0.845. The molecule has 0 aliphatic heterocycles. The molecular formula is P4SSe2. The van der Waals surface area contributed by atoms with E-state index in [0.29, 0.717) is 0 Å². The molecule has 0 N–H and O–H groups in total. The molecule has 7 heteroatoms. The summed E-state index contributed by atoms with van der Waals surface area (Å²) in [5.41, 5.74) is 0. The maximum atomic E-state index is 2.51. The fraction of sp³-hybridized carbons (Fsp3) is 0. The van der Waals surface area contributed by atoms with Crippen LogP contribution in [0, 0.1) is 0 Å². The molecule has 0 saturated carbocycles. The summed E-state index contributed by atoms with van der Waals surface area (Å²) in [6.45, 7) is 0. The minimum atomic E-state index is 0.796. The summed E-state index contributed by atoms with van der Waals surface area (Å²) in [6, 6.07) is 0. The Labute approximate surface area is 57.7 Å². The number of hydrogen-bond donors (Lipinski definition) is 0. The van der Waals surface area contributed by atoms with Crippen LogP contribution >= 0.6 is 31.0 Å². The van der Waals surface area contributed by atoms with Crippen LogP contribution in [0.5, 0.6) is 0 Å². The molecule has 38 valence electrons. The van der Waals surface area contributed by atoms with Gasteiger partial charge in [-0.25, -0.2) is 0 Å². The van der Waals surface area contributed by atoms with E-state index in [0.717, 1.165) is 20.4 Å². The van der Waals surface area contributed by atoms with Gasteiger partial charge in [0.05, 0.1) is 0 Å². The minimum absolute atomic E-state index is 0.796. The molecule has 4 heterocycles. The molecule has 0 radical (unpaired) electrons. The van der Waals surface area contributed by atoms with Crippen LogP contribution in [0.4, 0.5) is 0 Å². The van der Waals surface area contributed by atoms with Crippen molar-refractivity contribution in [3.63, 3.8) is 0 Å². The Morgan fingerprint density at radius 3 is 2.00 bits per heavy atom. The van der Waals surface area contributed by atoms with Gasteiger partial charge in [0, 0.05) is 0 Å². The van der Waals surface area contributed by atoms with Gasteiger partial charge in [0.25, 0.3) is 0 Å². The van der Waals surface area contributed by atoms with Crippen molar-refractivity contribution in [2.24, 2.45) is 0 Å². The second kappa shape index (κ2) is 1.54. The van der Waals surface area contributed by atoms with Gasteiger partial charge in [0.1, 0.15) is 0 Å². The Morgan fingerprint density at radius 1 is 1.14 bits per heavy atom. The molecule has 0 nitrogen and oxygen atoms in total. The first-order valence-electron chi connectivity index (χ1n) is 1.70. The first-order valence-corrected chi connectivity index (χ1v) is 20.1. The van der Waals surface area contributed by atoms with Crippen molar-refractivity contribution in [1.29, 1.82) is 0 Å². The average molecular weight is 314 g/mol. The topological polar surface area (TPSA) is 0 Å². The molecular weight excluding hydrogens is 314 g/mol. The first kappa shape index (κ1) is 5.15. The van der Waals surface area contributed by atoms with Crippen LogP contribution in [-0.2, 0) is 0 Å². The van der Waals surface area contributed by atoms with Gasteiger partial charge in [-0.1, -0.05) is 0 Å². The third-order valence-corrected chi connectivity index (χ3v) is 108. The zero-order valence-corrected chi connectivity index (χ0v) is 10.8. The van der Waals surface area contributed by atoms with Gasteiger partial charge in [0.2, 0.25) is 0 Å². The Kier molecular flexibility index (Phi) is 1.14. The van der Waals surface area contributed by atoms with Crippen molar-refractivity contribution in [1.82, 2.24) is 0 Å². The van der Waals surface area contributed by atoms with Gasteiger partial charge < -0.3 is 0 Å². The standard InChI is InChI=1S/P4SSe2/c5-1-2-3(1)7-4(5)6-2. The predicted molar refractivity (Wildman–Crippen MR) is 45.9 cm³/mol. The second-order valence-electron chi connectivity index (χ2n) is 1.23. The van der Waals surface area contributed by atoms with Crippen molar-refractivity contribution in [2.45, 2.75) is 0 Å².